The van der Waals surface area contributed by atoms with Crippen molar-refractivity contribution in [2.75, 3.05) is 20.8 Å². The lowest BCUT2D eigenvalue weighted by molar-refractivity contribution is 0.355. The summed E-state index contributed by atoms with van der Waals surface area (Å²) >= 11 is 0. The standard InChI is InChI=1S/C26H32N4O2/c1-6-21-18(3)29-25(16-22(27)20-11-12-23(31-4)24(15-20)32-5)30-26(21)28-14-13-19-10-8-7-9-17(19)2/h7-12,15-16,27-28,30H,6,13-14H2,1-5H3/b25-16-,27-22?. The molecule has 0 saturated heterocycles. The van der Waals surface area contributed by atoms with Gasteiger partial charge in [0.2, 0.25) is 0 Å². The fourth-order valence-electron chi connectivity index (χ4n) is 3.75. The third-order valence-electron chi connectivity index (χ3n) is 5.57. The molecule has 6 nitrogen and oxygen atoms in total. The lowest BCUT2D eigenvalue weighted by Crippen LogP contribution is -2.33. The number of rotatable bonds is 9. The van der Waals surface area contributed by atoms with Gasteiger partial charge >= 0.3 is 0 Å². The van der Waals surface area contributed by atoms with E-state index in [-0.39, 0.29) is 0 Å². The topological polar surface area (TPSA) is 78.7 Å². The second-order valence-corrected chi connectivity index (χ2v) is 7.65. The Labute approximate surface area is 190 Å². The number of allylic oxidation sites excluding steroid dienone is 2. The van der Waals surface area contributed by atoms with E-state index in [1.807, 2.05) is 13.0 Å². The summed E-state index contributed by atoms with van der Waals surface area (Å²) in [6.45, 7) is 7.09. The molecule has 0 atom stereocenters. The molecular formula is C26H32N4O2. The van der Waals surface area contributed by atoms with Gasteiger partial charge in [-0.1, -0.05) is 31.2 Å². The van der Waals surface area contributed by atoms with Crippen LogP contribution >= 0.6 is 0 Å². The Morgan fingerprint density at radius 3 is 2.53 bits per heavy atom. The van der Waals surface area contributed by atoms with Crippen molar-refractivity contribution in [1.29, 1.82) is 5.41 Å². The van der Waals surface area contributed by atoms with Crippen LogP contribution in [0.15, 0.2) is 70.7 Å². The molecule has 2 aromatic rings. The molecule has 0 fully saturated rings. The van der Waals surface area contributed by atoms with Crippen LogP contribution in [0.1, 0.15) is 37.0 Å². The minimum Gasteiger partial charge on any atom is -0.493 e. The van der Waals surface area contributed by atoms with Crippen LogP contribution in [0.5, 0.6) is 11.5 Å². The Kier molecular flexibility index (Phi) is 7.71. The number of nitrogens with zero attached hydrogens (tertiary/aromatic N) is 1. The number of hydrogen-bond donors (Lipinski definition) is 3. The van der Waals surface area contributed by atoms with Gasteiger partial charge in [0.1, 0.15) is 11.6 Å². The summed E-state index contributed by atoms with van der Waals surface area (Å²) in [5, 5.41) is 15.5. The molecule has 1 aliphatic heterocycles. The Balaban J connectivity index is 1.75. The minimum absolute atomic E-state index is 0.337. The van der Waals surface area contributed by atoms with E-state index in [0.717, 1.165) is 42.1 Å². The first-order chi connectivity index (χ1) is 15.5. The smallest absolute Gasteiger partial charge is 0.161 e. The number of ether oxygens (including phenoxy) is 2. The van der Waals surface area contributed by atoms with Crippen LogP contribution in [0, 0.1) is 12.3 Å². The molecule has 0 bridgehead atoms. The maximum Gasteiger partial charge on any atom is 0.161 e. The maximum atomic E-state index is 8.55. The molecule has 0 saturated carbocycles. The highest BCUT2D eigenvalue weighted by Gasteiger charge is 2.17. The van der Waals surface area contributed by atoms with Gasteiger partial charge in [-0.15, -0.1) is 0 Å². The van der Waals surface area contributed by atoms with Gasteiger partial charge < -0.3 is 25.5 Å². The van der Waals surface area contributed by atoms with Crippen molar-refractivity contribution in [3.05, 3.63) is 82.4 Å². The molecule has 2 aromatic carbocycles. The zero-order valence-electron chi connectivity index (χ0n) is 19.5. The molecule has 0 amide bonds. The van der Waals surface area contributed by atoms with Crippen molar-refractivity contribution in [1.82, 2.24) is 10.6 Å². The van der Waals surface area contributed by atoms with Crippen molar-refractivity contribution in [3.8, 4) is 11.5 Å². The van der Waals surface area contributed by atoms with Crippen LogP contribution < -0.4 is 20.1 Å². The predicted octanol–water partition coefficient (Wildman–Crippen LogP) is 4.74. The molecule has 0 aromatic heterocycles. The normalized spacial score (nSPS) is 14.7. The van der Waals surface area contributed by atoms with Crippen LogP contribution in [0.4, 0.5) is 0 Å². The minimum atomic E-state index is 0.337. The summed E-state index contributed by atoms with van der Waals surface area (Å²) in [6, 6.07) is 13.9. The molecule has 1 aliphatic rings. The van der Waals surface area contributed by atoms with Crippen LogP contribution in [0.25, 0.3) is 0 Å². The van der Waals surface area contributed by atoms with Gasteiger partial charge in [0.25, 0.3) is 0 Å². The average molecular weight is 433 g/mol. The van der Waals surface area contributed by atoms with Gasteiger partial charge in [-0.2, -0.15) is 0 Å². The Hall–Kier alpha value is -3.54. The van der Waals surface area contributed by atoms with Crippen molar-refractivity contribution in [2.24, 2.45) is 4.99 Å². The Bertz CT molecular complexity index is 1080. The van der Waals surface area contributed by atoms with Gasteiger partial charge in [0, 0.05) is 29.5 Å². The van der Waals surface area contributed by atoms with Crippen molar-refractivity contribution < 1.29 is 9.47 Å². The van der Waals surface area contributed by atoms with E-state index < -0.39 is 0 Å². The number of aryl methyl sites for hydroxylation is 1. The quantitative estimate of drug-likeness (QED) is 0.500. The summed E-state index contributed by atoms with van der Waals surface area (Å²) in [5.74, 6) is 2.83. The monoisotopic (exact) mass is 432 g/mol. The average Bonchev–Trinajstić information content (AvgIpc) is 2.79. The van der Waals surface area contributed by atoms with Crippen LogP contribution in [-0.4, -0.2) is 32.2 Å². The molecule has 3 rings (SSSR count). The van der Waals surface area contributed by atoms with Crippen LogP contribution in [0.3, 0.4) is 0 Å². The molecule has 32 heavy (non-hydrogen) atoms. The Morgan fingerprint density at radius 1 is 1.09 bits per heavy atom. The van der Waals surface area contributed by atoms with Crippen molar-refractivity contribution in [3.63, 3.8) is 0 Å². The third-order valence-corrected chi connectivity index (χ3v) is 5.57. The molecule has 0 aliphatic carbocycles. The summed E-state index contributed by atoms with van der Waals surface area (Å²) in [5.41, 5.74) is 5.82. The number of aliphatic imine (C=N–C) groups is 1. The first-order valence-corrected chi connectivity index (χ1v) is 10.8. The molecule has 3 N–H and O–H groups in total. The lowest BCUT2D eigenvalue weighted by Gasteiger charge is -2.23. The van der Waals surface area contributed by atoms with Crippen LogP contribution in [0.2, 0.25) is 0 Å². The van der Waals surface area contributed by atoms with Gasteiger partial charge in [-0.25, -0.2) is 4.99 Å². The highest BCUT2D eigenvalue weighted by Crippen LogP contribution is 2.28. The molecular weight excluding hydrogens is 400 g/mol. The van der Waals surface area contributed by atoms with E-state index in [1.165, 1.54) is 11.1 Å². The fourth-order valence-corrected chi connectivity index (χ4v) is 3.75. The molecule has 1 heterocycles. The Morgan fingerprint density at radius 2 is 1.84 bits per heavy atom. The number of methoxy groups -OCH3 is 2. The maximum absolute atomic E-state index is 8.55. The summed E-state index contributed by atoms with van der Waals surface area (Å²) in [6.07, 6.45) is 3.54. The van der Waals surface area contributed by atoms with E-state index >= 15 is 0 Å². The van der Waals surface area contributed by atoms with Crippen molar-refractivity contribution >= 4 is 11.4 Å². The number of hydrogen-bond acceptors (Lipinski definition) is 6. The summed E-state index contributed by atoms with van der Waals surface area (Å²) < 4.78 is 10.7. The zero-order chi connectivity index (χ0) is 23.1. The molecule has 6 heteroatoms. The predicted molar refractivity (Wildman–Crippen MR) is 131 cm³/mol. The van der Waals surface area contributed by atoms with Crippen LogP contribution in [-0.2, 0) is 6.42 Å². The third kappa shape index (κ3) is 5.38. The highest BCUT2D eigenvalue weighted by molar-refractivity contribution is 6.08. The molecule has 168 valence electrons. The fraction of sp³-hybridized carbons (Fsp3) is 0.308. The SMILES string of the molecule is CCC1=C(NCCc2ccccc2C)N/C(=C\C(=N)c2ccc(OC)c(OC)c2)N=C1C. The highest BCUT2D eigenvalue weighted by atomic mass is 16.5. The van der Waals surface area contributed by atoms with E-state index in [9.17, 15) is 0 Å². The molecule has 0 spiro atoms. The lowest BCUT2D eigenvalue weighted by atomic mass is 10.1. The van der Waals surface area contributed by atoms with Gasteiger partial charge in [0.15, 0.2) is 11.5 Å². The van der Waals surface area contributed by atoms with Gasteiger partial charge in [0.05, 0.1) is 19.9 Å². The van der Waals surface area contributed by atoms with E-state index in [4.69, 9.17) is 14.9 Å². The van der Waals surface area contributed by atoms with Gasteiger partial charge in [-0.05, 0) is 56.0 Å². The zero-order valence-corrected chi connectivity index (χ0v) is 19.5. The largest absolute Gasteiger partial charge is 0.493 e. The van der Waals surface area contributed by atoms with E-state index in [2.05, 4.69) is 53.7 Å². The second-order valence-electron chi connectivity index (χ2n) is 7.65. The summed E-state index contributed by atoms with van der Waals surface area (Å²) in [4.78, 5) is 4.68. The van der Waals surface area contributed by atoms with E-state index in [0.29, 0.717) is 23.0 Å². The first kappa shape index (κ1) is 23.1. The number of nitrogens with one attached hydrogen (secondary N) is 3. The molecule has 0 unspecified atom stereocenters. The summed E-state index contributed by atoms with van der Waals surface area (Å²) in [7, 11) is 3.19. The first-order valence-electron chi connectivity index (χ1n) is 10.8. The number of benzene rings is 2. The van der Waals surface area contributed by atoms with Crippen molar-refractivity contribution in [2.45, 2.75) is 33.6 Å². The van der Waals surface area contributed by atoms with E-state index in [1.54, 1.807) is 32.4 Å². The second kappa shape index (κ2) is 10.7. The molecule has 0 radical (unpaired) electrons. The van der Waals surface area contributed by atoms with Gasteiger partial charge in [-0.3, -0.25) is 0 Å².